The Morgan fingerprint density at radius 1 is 1.26 bits per heavy atom. The number of hydrogen-bond donors (Lipinski definition) is 1. The molecule has 0 saturated heterocycles. The Hall–Kier alpha value is -1.44. The molecule has 1 N–H and O–H groups in total. The first-order chi connectivity index (χ1) is 9.16. The number of hydrogen-bond acceptors (Lipinski definition) is 5. The summed E-state index contributed by atoms with van der Waals surface area (Å²) >= 11 is 13.4. The van der Waals surface area contributed by atoms with Gasteiger partial charge in [0.2, 0.25) is 0 Å². The van der Waals surface area contributed by atoms with Crippen LogP contribution in [0.15, 0.2) is 21.0 Å². The van der Waals surface area contributed by atoms with Crippen molar-refractivity contribution in [3.8, 4) is 0 Å². The van der Waals surface area contributed by atoms with Crippen LogP contribution in [-0.4, -0.2) is 15.0 Å². The summed E-state index contributed by atoms with van der Waals surface area (Å²) in [6, 6.07) is 1.66. The molecule has 1 aliphatic heterocycles. The predicted octanol–water partition coefficient (Wildman–Crippen LogP) is 3.46. The Morgan fingerprint density at radius 2 is 2.05 bits per heavy atom. The highest BCUT2D eigenvalue weighted by Crippen LogP contribution is 2.47. The molecule has 3 rings (SSSR count). The van der Waals surface area contributed by atoms with Gasteiger partial charge in [0.15, 0.2) is 0 Å². The van der Waals surface area contributed by atoms with Crippen molar-refractivity contribution in [3.05, 3.63) is 28.0 Å². The molecule has 0 spiro atoms. The van der Waals surface area contributed by atoms with E-state index >= 15 is 0 Å². The number of aryl methyl sites for hydroxylation is 1. The molecule has 0 aliphatic carbocycles. The lowest BCUT2D eigenvalue weighted by Crippen LogP contribution is -2.05. The van der Waals surface area contributed by atoms with Crippen molar-refractivity contribution in [2.45, 2.75) is 6.54 Å². The minimum Gasteiger partial charge on any atom is -0.376 e. The Kier molecular flexibility index (Phi) is 3.26. The minimum atomic E-state index is 0.501. The summed E-state index contributed by atoms with van der Waals surface area (Å²) in [6.45, 7) is 0.539. The standard InChI is InChI=1S/C10H8Cl2N6S/c1-18-5(4-14-17-18)3-13-8-6(11)2-7(12)9-10(8)16-19-15-9/h2,4,13H,3H2,1H3. The fourth-order valence-corrected chi connectivity index (χ4v) is 2.87. The largest absolute Gasteiger partial charge is 0.376 e. The second kappa shape index (κ2) is 4.92. The van der Waals surface area contributed by atoms with Gasteiger partial charge in [-0.15, -0.1) is 5.10 Å². The Bertz CT molecular complexity index is 719. The summed E-state index contributed by atoms with van der Waals surface area (Å²) < 4.78 is 10.1. The van der Waals surface area contributed by atoms with E-state index in [0.717, 1.165) is 22.7 Å². The zero-order chi connectivity index (χ0) is 13.4. The maximum absolute atomic E-state index is 6.20. The van der Waals surface area contributed by atoms with Gasteiger partial charge in [-0.25, -0.2) is 0 Å². The molecule has 2 heterocycles. The first kappa shape index (κ1) is 12.6. The number of rotatable bonds is 3. The van der Waals surface area contributed by atoms with Crippen LogP contribution in [0.4, 0.5) is 17.1 Å². The average molecular weight is 315 g/mol. The van der Waals surface area contributed by atoms with Gasteiger partial charge in [-0.2, -0.15) is 8.73 Å². The van der Waals surface area contributed by atoms with Crippen molar-refractivity contribution >= 4 is 51.6 Å². The Morgan fingerprint density at radius 3 is 2.79 bits per heavy atom. The van der Waals surface area contributed by atoms with Gasteiger partial charge in [0.25, 0.3) is 0 Å². The number of nitrogens with zero attached hydrogens (tertiary/aromatic N) is 5. The summed E-state index contributed by atoms with van der Waals surface area (Å²) in [4.78, 5) is 0. The van der Waals surface area contributed by atoms with Crippen molar-refractivity contribution in [2.75, 3.05) is 5.32 Å². The fourth-order valence-electron chi connectivity index (χ4n) is 1.69. The highest BCUT2D eigenvalue weighted by Gasteiger charge is 2.18. The van der Waals surface area contributed by atoms with Gasteiger partial charge in [-0.05, 0) is 6.07 Å². The third-order valence-electron chi connectivity index (χ3n) is 2.70. The summed E-state index contributed by atoms with van der Waals surface area (Å²) in [7, 11) is 1.83. The number of benzene rings is 1. The molecule has 6 nitrogen and oxygen atoms in total. The zero-order valence-corrected chi connectivity index (χ0v) is 12.1. The van der Waals surface area contributed by atoms with Gasteiger partial charge >= 0.3 is 0 Å². The van der Waals surface area contributed by atoms with E-state index < -0.39 is 0 Å². The molecule has 0 fully saturated rings. The molecule has 1 aromatic heterocycles. The van der Waals surface area contributed by atoms with Crippen molar-refractivity contribution in [3.63, 3.8) is 0 Å². The lowest BCUT2D eigenvalue weighted by molar-refractivity contribution is 0.683. The van der Waals surface area contributed by atoms with Crippen LogP contribution in [0.25, 0.3) is 0 Å². The van der Waals surface area contributed by atoms with E-state index in [1.165, 1.54) is 0 Å². The van der Waals surface area contributed by atoms with Crippen LogP contribution in [-0.2, 0) is 24.9 Å². The molecule has 98 valence electrons. The summed E-state index contributed by atoms with van der Waals surface area (Å²) in [6.07, 6.45) is 1.69. The lowest BCUT2D eigenvalue weighted by atomic mass is 10.2. The van der Waals surface area contributed by atoms with E-state index in [1.54, 1.807) is 16.9 Å². The summed E-state index contributed by atoms with van der Waals surface area (Å²) in [5.41, 5.74) is 2.98. The first-order valence-electron chi connectivity index (χ1n) is 5.34. The van der Waals surface area contributed by atoms with Gasteiger partial charge in [-0.3, -0.25) is 4.68 Å². The van der Waals surface area contributed by atoms with Gasteiger partial charge in [-0.1, -0.05) is 28.4 Å². The highest BCUT2D eigenvalue weighted by atomic mass is 35.5. The molecule has 0 radical (unpaired) electrons. The molecule has 0 unspecified atom stereocenters. The van der Waals surface area contributed by atoms with Crippen molar-refractivity contribution in [2.24, 2.45) is 15.8 Å². The van der Waals surface area contributed by atoms with Crippen molar-refractivity contribution in [1.29, 1.82) is 0 Å². The molecule has 1 aromatic carbocycles. The van der Waals surface area contributed by atoms with E-state index in [-0.39, 0.29) is 0 Å². The van der Waals surface area contributed by atoms with Crippen LogP contribution < -0.4 is 5.32 Å². The van der Waals surface area contributed by atoms with Crippen LogP contribution >= 0.6 is 23.2 Å². The average Bonchev–Trinajstić information content (AvgIpc) is 2.98. The minimum absolute atomic E-state index is 0.501. The molecule has 0 bridgehead atoms. The van der Waals surface area contributed by atoms with E-state index in [9.17, 15) is 0 Å². The van der Waals surface area contributed by atoms with Crippen molar-refractivity contribution < 1.29 is 0 Å². The van der Waals surface area contributed by atoms with Gasteiger partial charge in [0.05, 0.1) is 45.5 Å². The van der Waals surface area contributed by atoms with Gasteiger partial charge < -0.3 is 5.32 Å². The zero-order valence-electron chi connectivity index (χ0n) is 9.76. The van der Waals surface area contributed by atoms with Crippen LogP contribution in [0.2, 0.25) is 10.0 Å². The smallest absolute Gasteiger partial charge is 0.130 e. The lowest BCUT2D eigenvalue weighted by Gasteiger charge is -2.11. The number of halogens is 2. The quantitative estimate of drug-likeness (QED) is 0.805. The number of fused-ring (bicyclic) bond motifs is 1. The molecule has 9 heteroatoms. The van der Waals surface area contributed by atoms with Crippen LogP contribution in [0.5, 0.6) is 0 Å². The molecule has 0 saturated carbocycles. The van der Waals surface area contributed by atoms with E-state index in [0.29, 0.717) is 28.0 Å². The molecular weight excluding hydrogens is 307 g/mol. The number of anilines is 1. The van der Waals surface area contributed by atoms with E-state index in [1.807, 2.05) is 7.05 Å². The molecule has 2 aromatic rings. The normalized spacial score (nSPS) is 12.4. The van der Waals surface area contributed by atoms with E-state index in [4.69, 9.17) is 23.2 Å². The van der Waals surface area contributed by atoms with Crippen LogP contribution in [0.3, 0.4) is 0 Å². The van der Waals surface area contributed by atoms with E-state index in [2.05, 4.69) is 24.4 Å². The number of aromatic nitrogens is 3. The predicted molar refractivity (Wildman–Crippen MR) is 76.3 cm³/mol. The maximum Gasteiger partial charge on any atom is 0.130 e. The SMILES string of the molecule is Cn1nncc1CNc1c(Cl)cc(Cl)c2c1N=S=N2. The summed E-state index contributed by atoms with van der Waals surface area (Å²) in [5.74, 6) is 0. The topological polar surface area (TPSA) is 67.5 Å². The van der Waals surface area contributed by atoms with Crippen LogP contribution in [0.1, 0.15) is 5.69 Å². The second-order valence-electron chi connectivity index (χ2n) is 3.88. The second-order valence-corrected chi connectivity index (χ2v) is 5.22. The third kappa shape index (κ3) is 2.24. The van der Waals surface area contributed by atoms with Gasteiger partial charge in [0.1, 0.15) is 11.4 Å². The molecule has 0 atom stereocenters. The number of nitrogens with one attached hydrogen (secondary N) is 1. The van der Waals surface area contributed by atoms with Crippen LogP contribution in [0, 0.1) is 0 Å². The molecule has 19 heavy (non-hydrogen) atoms. The first-order valence-corrected chi connectivity index (χ1v) is 6.83. The maximum atomic E-state index is 6.20. The van der Waals surface area contributed by atoms with Gasteiger partial charge in [0, 0.05) is 7.05 Å². The molecule has 0 amide bonds. The summed E-state index contributed by atoms with van der Waals surface area (Å²) in [5, 5.41) is 11.9. The highest BCUT2D eigenvalue weighted by molar-refractivity contribution is 7.58. The third-order valence-corrected chi connectivity index (χ3v) is 3.81. The molecule has 1 aliphatic rings. The monoisotopic (exact) mass is 314 g/mol. The Balaban J connectivity index is 1.92. The Labute approximate surface area is 122 Å². The van der Waals surface area contributed by atoms with Crippen molar-refractivity contribution in [1.82, 2.24) is 15.0 Å². The fraction of sp³-hybridized carbons (Fsp3) is 0.200. The molecular formula is C10H8Cl2N6S.